The molecule has 1 rings (SSSR count). The number of aromatic nitrogens is 2. The van der Waals surface area contributed by atoms with Gasteiger partial charge in [0.2, 0.25) is 0 Å². The molecule has 0 aliphatic heterocycles. The lowest BCUT2D eigenvalue weighted by molar-refractivity contribution is 0.538. The summed E-state index contributed by atoms with van der Waals surface area (Å²) in [6.45, 7) is 6.01. The summed E-state index contributed by atoms with van der Waals surface area (Å²) in [5.41, 5.74) is -0.183. The van der Waals surface area contributed by atoms with Crippen LogP contribution < -0.4 is 0 Å². The number of thioether (sulfide) groups is 1. The van der Waals surface area contributed by atoms with Crippen LogP contribution in [0.2, 0.25) is 5.15 Å². The summed E-state index contributed by atoms with van der Waals surface area (Å²) in [6, 6.07) is 1.66. The smallest absolute Gasteiger partial charge is 0.148 e. The number of hydrogen-bond donors (Lipinski definition) is 0. The third-order valence-corrected chi connectivity index (χ3v) is 4.36. The highest BCUT2D eigenvalue weighted by atomic mass is 35.5. The zero-order chi connectivity index (χ0) is 14.0. The van der Waals surface area contributed by atoms with Crippen LogP contribution in [0.3, 0.4) is 0 Å². The van der Waals surface area contributed by atoms with Crippen molar-refractivity contribution in [3.8, 4) is 0 Å². The summed E-state index contributed by atoms with van der Waals surface area (Å²) in [7, 11) is -2.94. The Morgan fingerprint density at radius 3 is 2.44 bits per heavy atom. The first-order valence-corrected chi connectivity index (χ1v) is 8.86. The second-order valence-corrected chi connectivity index (χ2v) is 8.84. The minimum Gasteiger partial charge on any atom is -0.229 e. The molecule has 18 heavy (non-hydrogen) atoms. The fourth-order valence-electron chi connectivity index (χ4n) is 1.10. The van der Waals surface area contributed by atoms with Gasteiger partial charge in [0, 0.05) is 23.5 Å². The lowest BCUT2D eigenvalue weighted by Crippen LogP contribution is -2.16. The Morgan fingerprint density at radius 2 is 1.94 bits per heavy atom. The van der Waals surface area contributed by atoms with Crippen molar-refractivity contribution < 1.29 is 8.42 Å². The third-order valence-electron chi connectivity index (χ3n) is 2.05. The standard InChI is InChI=1S/C11H17ClN2O2S2/c1-11(2,3)10-13-8(12)7-9(14-10)17-5-6-18(4,15)16/h7H,5-6H2,1-4H3. The number of nitrogens with zero attached hydrogens (tertiary/aromatic N) is 2. The highest BCUT2D eigenvalue weighted by Gasteiger charge is 2.19. The molecule has 0 aliphatic carbocycles. The molecule has 0 amide bonds. The van der Waals surface area contributed by atoms with E-state index in [9.17, 15) is 8.42 Å². The van der Waals surface area contributed by atoms with Crippen molar-refractivity contribution in [3.63, 3.8) is 0 Å². The van der Waals surface area contributed by atoms with Crippen LogP contribution in [0, 0.1) is 0 Å². The van der Waals surface area contributed by atoms with E-state index >= 15 is 0 Å². The largest absolute Gasteiger partial charge is 0.229 e. The lowest BCUT2D eigenvalue weighted by atomic mass is 9.96. The van der Waals surface area contributed by atoms with E-state index in [0.717, 1.165) is 0 Å². The molecule has 102 valence electrons. The number of sulfone groups is 1. The van der Waals surface area contributed by atoms with Crippen molar-refractivity contribution in [1.29, 1.82) is 0 Å². The first kappa shape index (κ1) is 15.7. The first-order chi connectivity index (χ1) is 8.08. The molecule has 0 saturated carbocycles. The summed E-state index contributed by atoms with van der Waals surface area (Å²) in [4.78, 5) is 8.58. The van der Waals surface area contributed by atoms with E-state index in [-0.39, 0.29) is 11.2 Å². The average molecular weight is 309 g/mol. The summed E-state index contributed by atoms with van der Waals surface area (Å²) in [6.07, 6.45) is 1.22. The van der Waals surface area contributed by atoms with Crippen molar-refractivity contribution in [3.05, 3.63) is 17.0 Å². The summed E-state index contributed by atoms with van der Waals surface area (Å²) in [5, 5.41) is 1.10. The normalized spacial score (nSPS) is 12.7. The fraction of sp³-hybridized carbons (Fsp3) is 0.636. The Balaban J connectivity index is 2.81. The molecule has 0 fully saturated rings. The Labute approximate surface area is 117 Å². The minimum absolute atomic E-state index is 0.129. The summed E-state index contributed by atoms with van der Waals surface area (Å²) >= 11 is 7.32. The maximum atomic E-state index is 11.0. The van der Waals surface area contributed by atoms with Crippen molar-refractivity contribution >= 4 is 33.2 Å². The van der Waals surface area contributed by atoms with Gasteiger partial charge in [0.15, 0.2) is 0 Å². The van der Waals surface area contributed by atoms with Gasteiger partial charge < -0.3 is 0 Å². The molecule has 1 heterocycles. The molecule has 1 aromatic rings. The van der Waals surface area contributed by atoms with Crippen molar-refractivity contribution in [2.24, 2.45) is 0 Å². The van der Waals surface area contributed by atoms with E-state index in [2.05, 4.69) is 9.97 Å². The highest BCUT2D eigenvalue weighted by Crippen LogP contribution is 2.24. The number of halogens is 1. The quantitative estimate of drug-likeness (QED) is 0.632. The molecule has 0 unspecified atom stereocenters. The number of rotatable bonds is 4. The van der Waals surface area contributed by atoms with Crippen LogP contribution in [-0.2, 0) is 15.3 Å². The topological polar surface area (TPSA) is 59.9 Å². The molecule has 4 nitrogen and oxygen atoms in total. The molecule has 0 aromatic carbocycles. The zero-order valence-corrected chi connectivity index (χ0v) is 13.3. The van der Waals surface area contributed by atoms with Gasteiger partial charge in [-0.15, -0.1) is 11.8 Å². The molecule has 0 atom stereocenters. The first-order valence-electron chi connectivity index (χ1n) is 5.43. The molecule has 1 aromatic heterocycles. The molecule has 0 spiro atoms. The second kappa shape index (κ2) is 5.75. The van der Waals surface area contributed by atoms with E-state index in [1.165, 1.54) is 18.0 Å². The maximum Gasteiger partial charge on any atom is 0.148 e. The Kier molecular flexibility index (Phi) is 5.03. The van der Waals surface area contributed by atoms with Crippen molar-refractivity contribution in [2.75, 3.05) is 17.8 Å². The predicted molar refractivity (Wildman–Crippen MR) is 76.2 cm³/mol. The fourth-order valence-corrected chi connectivity index (χ4v) is 3.45. The van der Waals surface area contributed by atoms with Gasteiger partial charge in [-0.1, -0.05) is 32.4 Å². The van der Waals surface area contributed by atoms with Gasteiger partial charge in [-0.3, -0.25) is 0 Å². The zero-order valence-electron chi connectivity index (χ0n) is 10.9. The van der Waals surface area contributed by atoms with Gasteiger partial charge in [-0.2, -0.15) is 0 Å². The van der Waals surface area contributed by atoms with E-state index in [0.29, 0.717) is 21.8 Å². The van der Waals surface area contributed by atoms with Crippen LogP contribution >= 0.6 is 23.4 Å². The Bertz CT molecular complexity index is 524. The van der Waals surface area contributed by atoms with Crippen molar-refractivity contribution in [2.45, 2.75) is 31.2 Å². The highest BCUT2D eigenvalue weighted by molar-refractivity contribution is 8.00. The maximum absolute atomic E-state index is 11.0. The molecule has 0 aliphatic rings. The Hall–Kier alpha value is -0.330. The van der Waals surface area contributed by atoms with Crippen LogP contribution in [-0.4, -0.2) is 36.1 Å². The Morgan fingerprint density at radius 1 is 1.33 bits per heavy atom. The molecule has 0 N–H and O–H groups in total. The molecule has 0 saturated heterocycles. The van der Waals surface area contributed by atoms with Gasteiger partial charge >= 0.3 is 0 Å². The predicted octanol–water partition coefficient (Wildman–Crippen LogP) is 2.56. The van der Waals surface area contributed by atoms with E-state index in [1.807, 2.05) is 20.8 Å². The summed E-state index contributed by atoms with van der Waals surface area (Å²) < 4.78 is 22.1. The van der Waals surface area contributed by atoms with Crippen LogP contribution in [0.15, 0.2) is 11.1 Å². The molecule has 0 radical (unpaired) electrons. The van der Waals surface area contributed by atoms with Gasteiger partial charge in [0.25, 0.3) is 0 Å². The van der Waals surface area contributed by atoms with Gasteiger partial charge in [-0.25, -0.2) is 18.4 Å². The van der Waals surface area contributed by atoms with Crippen LogP contribution in [0.25, 0.3) is 0 Å². The van der Waals surface area contributed by atoms with E-state index < -0.39 is 9.84 Å². The van der Waals surface area contributed by atoms with Gasteiger partial charge in [-0.05, 0) is 0 Å². The number of hydrogen-bond acceptors (Lipinski definition) is 5. The second-order valence-electron chi connectivity index (χ2n) is 5.08. The molecular formula is C11H17ClN2O2S2. The van der Waals surface area contributed by atoms with E-state index in [1.54, 1.807) is 6.07 Å². The monoisotopic (exact) mass is 308 g/mol. The van der Waals surface area contributed by atoms with E-state index in [4.69, 9.17) is 11.6 Å². The van der Waals surface area contributed by atoms with Crippen LogP contribution in [0.1, 0.15) is 26.6 Å². The van der Waals surface area contributed by atoms with Crippen LogP contribution in [0.4, 0.5) is 0 Å². The molecule has 7 heteroatoms. The average Bonchev–Trinajstić information content (AvgIpc) is 2.13. The third kappa shape index (κ3) is 5.54. The van der Waals surface area contributed by atoms with Gasteiger partial charge in [0.05, 0.1) is 5.75 Å². The SMILES string of the molecule is CC(C)(C)c1nc(Cl)cc(SCCS(C)(=O)=O)n1. The molecule has 0 bridgehead atoms. The van der Waals surface area contributed by atoms with Crippen molar-refractivity contribution in [1.82, 2.24) is 9.97 Å². The minimum atomic E-state index is -2.94. The lowest BCUT2D eigenvalue weighted by Gasteiger charge is -2.17. The van der Waals surface area contributed by atoms with Crippen LogP contribution in [0.5, 0.6) is 0 Å². The molecular weight excluding hydrogens is 292 g/mol. The van der Waals surface area contributed by atoms with Gasteiger partial charge in [0.1, 0.15) is 25.8 Å². The summed E-state index contributed by atoms with van der Waals surface area (Å²) in [5.74, 6) is 1.26.